The SMILES string of the molecule is CC(C)Oc1cncc(C(=O)c2cc(F)cc(Br)c2)c1. The summed E-state index contributed by atoms with van der Waals surface area (Å²) < 4.78 is 19.3. The van der Waals surface area contributed by atoms with Crippen molar-refractivity contribution in [2.45, 2.75) is 20.0 Å². The quantitative estimate of drug-likeness (QED) is 0.791. The second-order valence-electron chi connectivity index (χ2n) is 4.56. The molecule has 2 aromatic rings. The summed E-state index contributed by atoms with van der Waals surface area (Å²) in [6.45, 7) is 3.77. The molecule has 0 unspecified atom stereocenters. The number of halogens is 2. The summed E-state index contributed by atoms with van der Waals surface area (Å²) in [4.78, 5) is 16.3. The highest BCUT2D eigenvalue weighted by Crippen LogP contribution is 2.20. The topological polar surface area (TPSA) is 39.2 Å². The number of carbonyl (C=O) groups excluding carboxylic acids is 1. The van der Waals surface area contributed by atoms with Crippen molar-refractivity contribution in [1.29, 1.82) is 0 Å². The number of nitrogens with zero attached hydrogens (tertiary/aromatic N) is 1. The summed E-state index contributed by atoms with van der Waals surface area (Å²) >= 11 is 3.17. The van der Waals surface area contributed by atoms with E-state index in [2.05, 4.69) is 20.9 Å². The lowest BCUT2D eigenvalue weighted by Gasteiger charge is -2.10. The molecule has 0 fully saturated rings. The molecule has 0 saturated carbocycles. The van der Waals surface area contributed by atoms with Crippen molar-refractivity contribution in [2.75, 3.05) is 0 Å². The van der Waals surface area contributed by atoms with Crippen LogP contribution in [0.1, 0.15) is 29.8 Å². The molecule has 1 heterocycles. The van der Waals surface area contributed by atoms with Gasteiger partial charge in [0.15, 0.2) is 5.78 Å². The van der Waals surface area contributed by atoms with Gasteiger partial charge in [-0.15, -0.1) is 0 Å². The number of pyridine rings is 1. The van der Waals surface area contributed by atoms with Crippen molar-refractivity contribution in [2.24, 2.45) is 0 Å². The molecular formula is C15H13BrFNO2. The monoisotopic (exact) mass is 337 g/mol. The summed E-state index contributed by atoms with van der Waals surface area (Å²) in [5.41, 5.74) is 0.626. The Morgan fingerprint density at radius 1 is 1.20 bits per heavy atom. The third kappa shape index (κ3) is 3.63. The minimum absolute atomic E-state index is 0.00883. The minimum Gasteiger partial charge on any atom is -0.489 e. The van der Waals surface area contributed by atoms with Crippen LogP contribution in [0.15, 0.2) is 41.1 Å². The highest BCUT2D eigenvalue weighted by molar-refractivity contribution is 9.10. The van der Waals surface area contributed by atoms with Gasteiger partial charge in [-0.2, -0.15) is 0 Å². The van der Waals surface area contributed by atoms with Gasteiger partial charge in [-0.1, -0.05) is 15.9 Å². The summed E-state index contributed by atoms with van der Waals surface area (Å²) in [5.74, 6) is -0.251. The van der Waals surface area contributed by atoms with Crippen molar-refractivity contribution >= 4 is 21.7 Å². The van der Waals surface area contributed by atoms with Crippen LogP contribution >= 0.6 is 15.9 Å². The lowest BCUT2D eigenvalue weighted by atomic mass is 10.0. The molecule has 0 N–H and O–H groups in total. The first-order valence-corrected chi connectivity index (χ1v) is 6.87. The normalized spacial score (nSPS) is 10.7. The Balaban J connectivity index is 2.33. The largest absolute Gasteiger partial charge is 0.489 e. The fourth-order valence-corrected chi connectivity index (χ4v) is 2.20. The average Bonchev–Trinajstić information content (AvgIpc) is 2.36. The van der Waals surface area contributed by atoms with Crippen LogP contribution in [0.5, 0.6) is 5.75 Å². The minimum atomic E-state index is -0.467. The summed E-state index contributed by atoms with van der Waals surface area (Å²) in [6.07, 6.45) is 2.97. The molecule has 3 nitrogen and oxygen atoms in total. The molecule has 0 bridgehead atoms. The van der Waals surface area contributed by atoms with E-state index in [4.69, 9.17) is 4.74 Å². The van der Waals surface area contributed by atoms with Gasteiger partial charge in [0.2, 0.25) is 0 Å². The fourth-order valence-electron chi connectivity index (χ4n) is 1.73. The van der Waals surface area contributed by atoms with E-state index in [1.807, 2.05) is 13.8 Å². The highest BCUT2D eigenvalue weighted by Gasteiger charge is 2.13. The molecule has 0 amide bonds. The van der Waals surface area contributed by atoms with E-state index in [1.54, 1.807) is 12.1 Å². The van der Waals surface area contributed by atoms with Crippen molar-refractivity contribution in [3.8, 4) is 5.75 Å². The molecule has 0 aliphatic carbocycles. The maximum Gasteiger partial charge on any atom is 0.194 e. The van der Waals surface area contributed by atoms with Crippen molar-refractivity contribution in [3.05, 3.63) is 58.1 Å². The molecule has 20 heavy (non-hydrogen) atoms. The predicted molar refractivity (Wildman–Crippen MR) is 77.5 cm³/mol. The Bertz CT molecular complexity index is 623. The predicted octanol–water partition coefficient (Wildman–Crippen LogP) is 4.00. The molecule has 104 valence electrons. The van der Waals surface area contributed by atoms with E-state index in [9.17, 15) is 9.18 Å². The van der Waals surface area contributed by atoms with E-state index in [-0.39, 0.29) is 17.5 Å². The Kier molecular flexibility index (Phi) is 4.49. The van der Waals surface area contributed by atoms with Crippen molar-refractivity contribution in [3.63, 3.8) is 0 Å². The number of rotatable bonds is 4. The van der Waals surface area contributed by atoms with Gasteiger partial charge in [0.25, 0.3) is 0 Å². The summed E-state index contributed by atoms with van der Waals surface area (Å²) in [6, 6.07) is 5.67. The number of aromatic nitrogens is 1. The zero-order chi connectivity index (χ0) is 14.7. The first-order valence-electron chi connectivity index (χ1n) is 6.08. The van der Waals surface area contributed by atoms with Gasteiger partial charge < -0.3 is 4.74 Å². The lowest BCUT2D eigenvalue weighted by molar-refractivity contribution is 0.103. The second kappa shape index (κ2) is 6.13. The van der Waals surface area contributed by atoms with Gasteiger partial charge >= 0.3 is 0 Å². The third-order valence-corrected chi connectivity index (χ3v) is 2.93. The van der Waals surface area contributed by atoms with Gasteiger partial charge in [0.05, 0.1) is 12.3 Å². The van der Waals surface area contributed by atoms with Crippen LogP contribution in [-0.2, 0) is 0 Å². The van der Waals surface area contributed by atoms with Gasteiger partial charge in [0, 0.05) is 21.8 Å². The maximum atomic E-state index is 13.3. The Morgan fingerprint density at radius 2 is 1.95 bits per heavy atom. The number of ketones is 1. The zero-order valence-corrected chi connectivity index (χ0v) is 12.6. The van der Waals surface area contributed by atoms with E-state index in [0.29, 0.717) is 15.8 Å². The van der Waals surface area contributed by atoms with Gasteiger partial charge in [-0.3, -0.25) is 9.78 Å². The number of carbonyl (C=O) groups is 1. The van der Waals surface area contributed by atoms with Crippen LogP contribution in [0.4, 0.5) is 4.39 Å². The standard InChI is InChI=1S/C15H13BrFNO2/c1-9(2)20-14-5-11(7-18-8-14)15(19)10-3-12(16)6-13(17)4-10/h3-9H,1-2H3. The maximum absolute atomic E-state index is 13.3. The molecular weight excluding hydrogens is 325 g/mol. The second-order valence-corrected chi connectivity index (χ2v) is 5.48. The number of hydrogen-bond acceptors (Lipinski definition) is 3. The molecule has 0 aliphatic heterocycles. The van der Waals surface area contributed by atoms with Crippen LogP contribution < -0.4 is 4.74 Å². The molecule has 0 spiro atoms. The number of hydrogen-bond donors (Lipinski definition) is 0. The Labute approximate surface area is 124 Å². The first-order chi connectivity index (χ1) is 9.45. The average molecular weight is 338 g/mol. The molecule has 0 aliphatic rings. The van der Waals surface area contributed by atoms with E-state index >= 15 is 0 Å². The van der Waals surface area contributed by atoms with Crippen LogP contribution in [0.2, 0.25) is 0 Å². The smallest absolute Gasteiger partial charge is 0.194 e. The summed E-state index contributed by atoms with van der Waals surface area (Å²) in [5, 5.41) is 0. The molecule has 1 aromatic carbocycles. The Hall–Kier alpha value is -1.75. The molecule has 5 heteroatoms. The summed E-state index contributed by atoms with van der Waals surface area (Å²) in [7, 11) is 0. The van der Waals surface area contributed by atoms with Gasteiger partial charge in [-0.25, -0.2) is 4.39 Å². The van der Waals surface area contributed by atoms with Crippen LogP contribution in [0.3, 0.4) is 0 Å². The Morgan fingerprint density at radius 3 is 2.60 bits per heavy atom. The van der Waals surface area contributed by atoms with Gasteiger partial charge in [0.1, 0.15) is 11.6 Å². The first kappa shape index (κ1) is 14.7. The third-order valence-electron chi connectivity index (χ3n) is 2.47. The number of ether oxygens (including phenoxy) is 1. The van der Waals surface area contributed by atoms with Crippen LogP contribution in [-0.4, -0.2) is 16.9 Å². The molecule has 2 rings (SSSR count). The van der Waals surface area contributed by atoms with Crippen molar-refractivity contribution < 1.29 is 13.9 Å². The molecule has 1 aromatic heterocycles. The zero-order valence-electron chi connectivity index (χ0n) is 11.1. The van der Waals surface area contributed by atoms with E-state index in [1.165, 1.54) is 24.5 Å². The molecule has 0 radical (unpaired) electrons. The van der Waals surface area contributed by atoms with Gasteiger partial charge in [-0.05, 0) is 38.1 Å². The van der Waals surface area contributed by atoms with E-state index < -0.39 is 5.82 Å². The van der Waals surface area contributed by atoms with Crippen LogP contribution in [0, 0.1) is 5.82 Å². The number of benzene rings is 1. The highest BCUT2D eigenvalue weighted by atomic mass is 79.9. The van der Waals surface area contributed by atoms with Crippen LogP contribution in [0.25, 0.3) is 0 Å². The van der Waals surface area contributed by atoms with Crippen molar-refractivity contribution in [1.82, 2.24) is 4.98 Å². The lowest BCUT2D eigenvalue weighted by Crippen LogP contribution is -2.08. The molecule has 0 atom stereocenters. The molecule has 0 saturated heterocycles. The fraction of sp³-hybridized carbons (Fsp3) is 0.200. The van der Waals surface area contributed by atoms with E-state index in [0.717, 1.165) is 0 Å².